The Kier molecular flexibility index (Phi) is 8.06. The first kappa shape index (κ1) is 17.7. The molecule has 0 aliphatic heterocycles. The van der Waals surface area contributed by atoms with Crippen LogP contribution in [0.5, 0.6) is 0 Å². The van der Waals surface area contributed by atoms with E-state index in [0.29, 0.717) is 18.9 Å². The molecule has 0 spiro atoms. The van der Waals surface area contributed by atoms with Crippen molar-refractivity contribution in [3.8, 4) is 0 Å². The van der Waals surface area contributed by atoms with Crippen LogP contribution in [-0.4, -0.2) is 12.5 Å². The maximum Gasteiger partial charge on any atom is 0.220 e. The van der Waals surface area contributed by atoms with Gasteiger partial charge in [-0.05, 0) is 49.8 Å². The summed E-state index contributed by atoms with van der Waals surface area (Å²) in [6.07, 6.45) is 4.64. The highest BCUT2D eigenvalue weighted by molar-refractivity contribution is 5.76. The SMILES string of the molecule is CC(C)Cc1ccc(C(C)NC(=O)CCCCCN)cc1. The van der Waals surface area contributed by atoms with Gasteiger partial charge in [0.25, 0.3) is 0 Å². The first-order valence-corrected chi connectivity index (χ1v) is 8.11. The molecule has 0 saturated heterocycles. The molecular weight excluding hydrogens is 260 g/mol. The van der Waals surface area contributed by atoms with Crippen molar-refractivity contribution in [3.05, 3.63) is 35.4 Å². The molecule has 0 aromatic heterocycles. The number of hydrogen-bond donors (Lipinski definition) is 2. The van der Waals surface area contributed by atoms with E-state index >= 15 is 0 Å². The fourth-order valence-electron chi connectivity index (χ4n) is 2.42. The molecule has 118 valence electrons. The van der Waals surface area contributed by atoms with Gasteiger partial charge < -0.3 is 11.1 Å². The van der Waals surface area contributed by atoms with Gasteiger partial charge in [-0.2, -0.15) is 0 Å². The molecule has 0 saturated carbocycles. The molecule has 0 aliphatic carbocycles. The van der Waals surface area contributed by atoms with Gasteiger partial charge in [-0.25, -0.2) is 0 Å². The van der Waals surface area contributed by atoms with Crippen LogP contribution >= 0.6 is 0 Å². The van der Waals surface area contributed by atoms with E-state index in [9.17, 15) is 4.79 Å². The van der Waals surface area contributed by atoms with Crippen molar-refractivity contribution in [2.24, 2.45) is 11.7 Å². The summed E-state index contributed by atoms with van der Waals surface area (Å²) < 4.78 is 0. The summed E-state index contributed by atoms with van der Waals surface area (Å²) in [7, 11) is 0. The lowest BCUT2D eigenvalue weighted by Crippen LogP contribution is -2.26. The minimum absolute atomic E-state index is 0.0695. The molecular formula is C18H30N2O. The molecule has 1 aromatic rings. The quantitative estimate of drug-likeness (QED) is 0.683. The molecule has 0 radical (unpaired) electrons. The number of hydrogen-bond acceptors (Lipinski definition) is 2. The predicted octanol–water partition coefficient (Wildman–Crippen LogP) is 3.58. The Morgan fingerprint density at radius 1 is 1.10 bits per heavy atom. The van der Waals surface area contributed by atoms with Crippen LogP contribution in [0.3, 0.4) is 0 Å². The van der Waals surface area contributed by atoms with E-state index in [-0.39, 0.29) is 11.9 Å². The largest absolute Gasteiger partial charge is 0.350 e. The van der Waals surface area contributed by atoms with Crippen LogP contribution in [0.25, 0.3) is 0 Å². The van der Waals surface area contributed by atoms with Gasteiger partial charge in [0.2, 0.25) is 5.91 Å². The minimum Gasteiger partial charge on any atom is -0.350 e. The van der Waals surface area contributed by atoms with Crippen LogP contribution in [0.1, 0.15) is 63.6 Å². The smallest absolute Gasteiger partial charge is 0.220 e. The first-order chi connectivity index (χ1) is 10.0. The number of amides is 1. The highest BCUT2D eigenvalue weighted by Gasteiger charge is 2.09. The van der Waals surface area contributed by atoms with Crippen molar-refractivity contribution in [2.75, 3.05) is 6.54 Å². The van der Waals surface area contributed by atoms with Crippen LogP contribution < -0.4 is 11.1 Å². The number of unbranched alkanes of at least 4 members (excludes halogenated alkanes) is 2. The second-order valence-electron chi connectivity index (χ2n) is 6.23. The molecule has 0 bridgehead atoms. The third kappa shape index (κ3) is 7.28. The van der Waals surface area contributed by atoms with E-state index in [1.165, 1.54) is 5.56 Å². The zero-order chi connectivity index (χ0) is 15.7. The third-order valence-corrected chi connectivity index (χ3v) is 3.61. The highest BCUT2D eigenvalue weighted by Crippen LogP contribution is 2.16. The summed E-state index contributed by atoms with van der Waals surface area (Å²) >= 11 is 0. The van der Waals surface area contributed by atoms with Gasteiger partial charge in [-0.3, -0.25) is 4.79 Å². The molecule has 3 nitrogen and oxygen atoms in total. The van der Waals surface area contributed by atoms with Gasteiger partial charge in [0.1, 0.15) is 0 Å². The molecule has 1 amide bonds. The number of nitrogens with two attached hydrogens (primary N) is 1. The zero-order valence-electron chi connectivity index (χ0n) is 13.7. The normalized spacial score (nSPS) is 12.4. The van der Waals surface area contributed by atoms with Crippen LogP contribution in [0.4, 0.5) is 0 Å². The topological polar surface area (TPSA) is 55.1 Å². The predicted molar refractivity (Wildman–Crippen MR) is 89.1 cm³/mol. The molecule has 3 N–H and O–H groups in total. The Balaban J connectivity index is 2.40. The lowest BCUT2D eigenvalue weighted by atomic mass is 10.00. The van der Waals surface area contributed by atoms with Crippen LogP contribution in [0.2, 0.25) is 0 Å². The van der Waals surface area contributed by atoms with Gasteiger partial charge in [-0.1, -0.05) is 44.5 Å². The number of benzene rings is 1. The molecule has 0 heterocycles. The lowest BCUT2D eigenvalue weighted by molar-refractivity contribution is -0.121. The van der Waals surface area contributed by atoms with Crippen molar-refractivity contribution in [1.82, 2.24) is 5.32 Å². The minimum atomic E-state index is 0.0695. The van der Waals surface area contributed by atoms with Gasteiger partial charge >= 0.3 is 0 Å². The van der Waals surface area contributed by atoms with Crippen molar-refractivity contribution >= 4 is 5.91 Å². The van der Waals surface area contributed by atoms with Gasteiger partial charge in [0.15, 0.2) is 0 Å². The first-order valence-electron chi connectivity index (χ1n) is 8.11. The Morgan fingerprint density at radius 3 is 2.33 bits per heavy atom. The molecule has 0 fully saturated rings. The van der Waals surface area contributed by atoms with E-state index in [1.54, 1.807) is 0 Å². The average molecular weight is 290 g/mol. The van der Waals surface area contributed by atoms with Crippen LogP contribution in [0.15, 0.2) is 24.3 Å². The molecule has 1 rings (SSSR count). The number of carbonyl (C=O) groups excluding carboxylic acids is 1. The van der Waals surface area contributed by atoms with Crippen molar-refractivity contribution in [1.29, 1.82) is 0 Å². The summed E-state index contributed by atoms with van der Waals surface area (Å²) in [6.45, 7) is 7.19. The lowest BCUT2D eigenvalue weighted by Gasteiger charge is -2.15. The van der Waals surface area contributed by atoms with Crippen molar-refractivity contribution in [2.45, 2.75) is 58.9 Å². The molecule has 21 heavy (non-hydrogen) atoms. The standard InChI is InChI=1S/C18H30N2O/c1-14(2)13-16-8-10-17(11-9-16)15(3)20-18(21)7-5-4-6-12-19/h8-11,14-15H,4-7,12-13,19H2,1-3H3,(H,20,21). The van der Waals surface area contributed by atoms with Crippen LogP contribution in [-0.2, 0) is 11.2 Å². The van der Waals surface area contributed by atoms with E-state index in [1.807, 2.05) is 6.92 Å². The molecule has 1 aromatic carbocycles. The maximum absolute atomic E-state index is 11.9. The molecule has 1 atom stereocenters. The average Bonchev–Trinajstić information content (AvgIpc) is 2.43. The molecule has 3 heteroatoms. The second kappa shape index (κ2) is 9.56. The Hall–Kier alpha value is -1.35. The van der Waals surface area contributed by atoms with E-state index in [0.717, 1.165) is 31.2 Å². The van der Waals surface area contributed by atoms with E-state index < -0.39 is 0 Å². The third-order valence-electron chi connectivity index (χ3n) is 3.61. The summed E-state index contributed by atoms with van der Waals surface area (Å²) in [4.78, 5) is 11.9. The number of rotatable bonds is 9. The highest BCUT2D eigenvalue weighted by atomic mass is 16.1. The van der Waals surface area contributed by atoms with Gasteiger partial charge in [-0.15, -0.1) is 0 Å². The summed E-state index contributed by atoms with van der Waals surface area (Å²) in [5, 5.41) is 3.06. The fourth-order valence-corrected chi connectivity index (χ4v) is 2.42. The summed E-state index contributed by atoms with van der Waals surface area (Å²) in [5.41, 5.74) is 7.96. The van der Waals surface area contributed by atoms with E-state index in [2.05, 4.69) is 43.4 Å². The monoisotopic (exact) mass is 290 g/mol. The van der Waals surface area contributed by atoms with Crippen molar-refractivity contribution < 1.29 is 4.79 Å². The van der Waals surface area contributed by atoms with E-state index in [4.69, 9.17) is 5.73 Å². The number of nitrogens with one attached hydrogen (secondary N) is 1. The molecule has 1 unspecified atom stereocenters. The summed E-state index contributed by atoms with van der Waals surface area (Å²) in [6, 6.07) is 8.65. The van der Waals surface area contributed by atoms with Crippen molar-refractivity contribution in [3.63, 3.8) is 0 Å². The Bertz CT molecular complexity index is 412. The number of carbonyl (C=O) groups is 1. The Morgan fingerprint density at radius 2 is 1.76 bits per heavy atom. The zero-order valence-corrected chi connectivity index (χ0v) is 13.7. The second-order valence-corrected chi connectivity index (χ2v) is 6.23. The summed E-state index contributed by atoms with van der Waals surface area (Å²) in [5.74, 6) is 0.798. The maximum atomic E-state index is 11.9. The van der Waals surface area contributed by atoms with Gasteiger partial charge in [0, 0.05) is 6.42 Å². The fraction of sp³-hybridized carbons (Fsp3) is 0.611. The van der Waals surface area contributed by atoms with Gasteiger partial charge in [0.05, 0.1) is 6.04 Å². The Labute approximate surface area is 129 Å². The molecule has 0 aliphatic rings. The van der Waals surface area contributed by atoms with Crippen LogP contribution in [0, 0.1) is 5.92 Å².